The number of aromatic nitrogens is 1. The summed E-state index contributed by atoms with van der Waals surface area (Å²) in [5, 5.41) is 0. The summed E-state index contributed by atoms with van der Waals surface area (Å²) >= 11 is -3.86. The zero-order valence-electron chi connectivity index (χ0n) is 13.8. The second kappa shape index (κ2) is 4.04. The maximum atomic E-state index is 3.58. The number of benzene rings is 1. The van der Waals surface area contributed by atoms with Crippen molar-refractivity contribution < 1.29 is 16.8 Å². The fourth-order valence-corrected chi connectivity index (χ4v) is 17.0. The molecule has 2 heteroatoms. The molecule has 1 aliphatic carbocycles. The molecule has 0 bridgehead atoms. The van der Waals surface area contributed by atoms with E-state index in [9.17, 15) is 0 Å². The monoisotopic (exact) mass is 358 g/mol. The van der Waals surface area contributed by atoms with Gasteiger partial charge >= 0.3 is 126 Å². The van der Waals surface area contributed by atoms with Gasteiger partial charge in [-0.2, -0.15) is 0 Å². The van der Waals surface area contributed by atoms with Crippen LogP contribution in [0.25, 0.3) is 6.08 Å². The van der Waals surface area contributed by atoms with Crippen LogP contribution in [0.5, 0.6) is 0 Å². The van der Waals surface area contributed by atoms with Gasteiger partial charge in [0.1, 0.15) is 0 Å². The first-order chi connectivity index (χ1) is 9.70. The Morgan fingerprint density at radius 2 is 1.71 bits per heavy atom. The summed E-state index contributed by atoms with van der Waals surface area (Å²) in [5.41, 5.74) is 2.89. The molecule has 111 valence electrons. The zero-order chi connectivity index (χ0) is 15.4. The first kappa shape index (κ1) is 14.9. The van der Waals surface area contributed by atoms with Gasteiger partial charge in [0.25, 0.3) is 0 Å². The fraction of sp³-hybridized carbons (Fsp3) is 0.316. The Morgan fingerprint density at radius 1 is 1.00 bits per heavy atom. The quantitative estimate of drug-likeness (QED) is 0.777. The van der Waals surface area contributed by atoms with Crippen molar-refractivity contribution in [2.45, 2.75) is 31.4 Å². The molecule has 0 amide bonds. The van der Waals surface area contributed by atoms with Crippen LogP contribution < -0.4 is 3.40 Å². The topological polar surface area (TPSA) is 15.8 Å². The number of rotatable bonds is 2. The van der Waals surface area contributed by atoms with Gasteiger partial charge in [-0.25, -0.2) is 0 Å². The van der Waals surface area contributed by atoms with E-state index in [4.69, 9.17) is 0 Å². The summed E-state index contributed by atoms with van der Waals surface area (Å²) < 4.78 is 11.3. The van der Waals surface area contributed by atoms with Crippen molar-refractivity contribution in [2.24, 2.45) is 0 Å². The second-order valence-electron chi connectivity index (χ2n) is 8.83. The third kappa shape index (κ3) is 1.75. The molecular formula is C19H26NZr. The van der Waals surface area contributed by atoms with Crippen LogP contribution in [0.4, 0.5) is 0 Å². The van der Waals surface area contributed by atoms with Crippen molar-refractivity contribution in [1.29, 1.82) is 0 Å². The number of hydrogen-bond acceptors (Lipinski definition) is 0. The van der Waals surface area contributed by atoms with E-state index in [2.05, 4.69) is 87.5 Å². The molecule has 0 saturated heterocycles. The van der Waals surface area contributed by atoms with E-state index in [0.717, 1.165) is 0 Å². The number of allylic oxidation sites excluding steroid dienone is 1. The predicted octanol–water partition coefficient (Wildman–Crippen LogP) is 4.99. The average Bonchev–Trinajstić information content (AvgIpc) is 3.09. The molecule has 1 unspecified atom stereocenters. The van der Waals surface area contributed by atoms with Crippen LogP contribution in [0.15, 0.2) is 48.7 Å². The van der Waals surface area contributed by atoms with Crippen molar-refractivity contribution in [3.05, 3.63) is 59.8 Å². The van der Waals surface area contributed by atoms with Gasteiger partial charge in [-0.1, -0.05) is 0 Å². The number of hydrogen-bond donors (Lipinski definition) is 1. The van der Waals surface area contributed by atoms with Crippen LogP contribution in [0.1, 0.15) is 28.6 Å². The molecule has 21 heavy (non-hydrogen) atoms. The first-order valence-electron chi connectivity index (χ1n) is 7.85. The van der Waals surface area contributed by atoms with Crippen LogP contribution in [-0.2, 0) is 16.8 Å². The average molecular weight is 360 g/mol. The third-order valence-electron chi connectivity index (χ3n) is 6.78. The molecule has 0 saturated carbocycles. The van der Waals surface area contributed by atoms with Crippen LogP contribution >= 0.6 is 0 Å². The SMILES string of the molecule is C[C](C)=[Zr]([CH3])([CH3])([CH3])([c]1ccc[nH]1)[CH]1C=Cc2ccccc21. The van der Waals surface area contributed by atoms with E-state index in [1.54, 1.807) is 3.21 Å². The summed E-state index contributed by atoms with van der Waals surface area (Å²) in [4.78, 5) is 3.58. The van der Waals surface area contributed by atoms with Gasteiger partial charge in [-0.3, -0.25) is 0 Å². The summed E-state index contributed by atoms with van der Waals surface area (Å²) in [6.45, 7) is 4.68. The molecule has 0 aliphatic heterocycles. The van der Waals surface area contributed by atoms with Crippen LogP contribution in [0.3, 0.4) is 0 Å². The van der Waals surface area contributed by atoms with Gasteiger partial charge < -0.3 is 0 Å². The molecule has 0 fully saturated rings. The Kier molecular flexibility index (Phi) is 2.87. The zero-order valence-corrected chi connectivity index (χ0v) is 16.2. The third-order valence-corrected chi connectivity index (χ3v) is 30.3. The Balaban J connectivity index is 2.43. The molecule has 1 aromatic heterocycles. The van der Waals surface area contributed by atoms with Crippen LogP contribution in [-0.4, -0.2) is 8.19 Å². The van der Waals surface area contributed by atoms with Gasteiger partial charge in [0.05, 0.1) is 0 Å². The van der Waals surface area contributed by atoms with Crippen molar-refractivity contribution in [3.63, 3.8) is 0 Å². The Labute approximate surface area is 125 Å². The van der Waals surface area contributed by atoms with Gasteiger partial charge in [-0.05, 0) is 0 Å². The Hall–Kier alpha value is -1.01. The molecule has 1 heterocycles. The minimum atomic E-state index is -3.86. The van der Waals surface area contributed by atoms with E-state index < -0.39 is 16.8 Å². The number of H-pyrrole nitrogens is 1. The van der Waals surface area contributed by atoms with Gasteiger partial charge in [0.15, 0.2) is 0 Å². The normalized spacial score (nSPS) is 20.7. The summed E-state index contributed by atoms with van der Waals surface area (Å²) in [7, 11) is 0. The van der Waals surface area contributed by atoms with Crippen LogP contribution in [0.2, 0.25) is 13.9 Å². The maximum absolute atomic E-state index is 3.86. The molecule has 2 aromatic rings. The molecule has 0 radical (unpaired) electrons. The van der Waals surface area contributed by atoms with Gasteiger partial charge in [0.2, 0.25) is 0 Å². The van der Waals surface area contributed by atoms with Crippen molar-refractivity contribution in [1.82, 2.24) is 4.98 Å². The molecule has 1 N–H and O–H groups in total. The molecule has 1 aliphatic rings. The Morgan fingerprint density at radius 3 is 2.33 bits per heavy atom. The minimum absolute atomic E-state index is 0.506. The van der Waals surface area contributed by atoms with Crippen LogP contribution in [0, 0.1) is 0 Å². The van der Waals surface area contributed by atoms with Crippen molar-refractivity contribution in [2.75, 3.05) is 0 Å². The molecular weight excluding hydrogens is 333 g/mol. The standard InChI is InChI=1S/C9H7.C4H4N.C3H6.3CH3.Zr/c1-2-5-9-7-3-6-8(9)4-1;1-2-4-5-3-1;1-3-2;;;;/h1-7H;1-3,5H;1-2H3;3*1H3;. The number of nitrogens with one attached hydrogen (secondary N) is 1. The van der Waals surface area contributed by atoms with E-state index in [1.165, 1.54) is 14.5 Å². The summed E-state index contributed by atoms with van der Waals surface area (Å²) in [6.07, 6.45) is 6.85. The molecule has 1 aromatic carbocycles. The van der Waals surface area contributed by atoms with E-state index in [0.29, 0.717) is 3.63 Å². The Bertz CT molecular complexity index is 810. The van der Waals surface area contributed by atoms with E-state index in [1.807, 2.05) is 0 Å². The van der Waals surface area contributed by atoms with E-state index in [-0.39, 0.29) is 0 Å². The molecule has 1 nitrogen and oxygen atoms in total. The second-order valence-corrected chi connectivity index (χ2v) is 35.2. The molecule has 1 atom stereocenters. The van der Waals surface area contributed by atoms with Gasteiger partial charge in [0, 0.05) is 0 Å². The number of fused-ring (bicyclic) bond motifs is 1. The number of aromatic amines is 1. The molecule has 0 spiro atoms. The molecule has 3 rings (SSSR count). The summed E-state index contributed by atoms with van der Waals surface area (Å²) in [5.74, 6) is 0. The van der Waals surface area contributed by atoms with Crippen molar-refractivity contribution >= 4 is 12.7 Å². The fourth-order valence-electron chi connectivity index (χ4n) is 3.97. The first-order valence-corrected chi connectivity index (χ1v) is 19.1. The predicted molar refractivity (Wildman–Crippen MR) is 92.6 cm³/mol. The van der Waals surface area contributed by atoms with E-state index >= 15 is 0 Å². The summed E-state index contributed by atoms with van der Waals surface area (Å²) in [6, 6.07) is 13.3. The van der Waals surface area contributed by atoms with Crippen molar-refractivity contribution in [3.8, 4) is 0 Å². The van der Waals surface area contributed by atoms with Gasteiger partial charge in [-0.15, -0.1) is 0 Å².